The highest BCUT2D eigenvalue weighted by Crippen LogP contribution is 2.17. The Kier molecular flexibility index (Phi) is 3.08. The first kappa shape index (κ1) is 10.5. The molecule has 14 heavy (non-hydrogen) atoms. The number of hydrogen-bond acceptors (Lipinski definition) is 4. The third kappa shape index (κ3) is 1.85. The molecular weight excluding hydrogens is 186 g/mol. The molecule has 1 aromatic rings. The number of nitrogens with one attached hydrogen (secondary N) is 1. The zero-order chi connectivity index (χ0) is 10.7. The number of aliphatic hydroxyl groups excluding tert-OH is 1. The van der Waals surface area contributed by atoms with E-state index in [-0.39, 0.29) is 12.2 Å². The predicted molar refractivity (Wildman–Crippen MR) is 50.5 cm³/mol. The van der Waals surface area contributed by atoms with E-state index in [1.165, 1.54) is 4.68 Å². The molecule has 0 fully saturated rings. The number of aromatic nitrogens is 2. The number of carboxylic acids is 1. The summed E-state index contributed by atoms with van der Waals surface area (Å²) in [4.78, 5) is 10.9. The molecule has 0 spiro atoms. The van der Waals surface area contributed by atoms with E-state index in [9.17, 15) is 4.79 Å². The van der Waals surface area contributed by atoms with Crippen molar-refractivity contribution in [3.05, 3.63) is 11.3 Å². The minimum absolute atomic E-state index is 0.0523. The zero-order valence-electron chi connectivity index (χ0n) is 8.11. The third-order valence-electron chi connectivity index (χ3n) is 1.84. The summed E-state index contributed by atoms with van der Waals surface area (Å²) in [6.07, 6.45) is 0. The fraction of sp³-hybridized carbons (Fsp3) is 0.500. The summed E-state index contributed by atoms with van der Waals surface area (Å²) >= 11 is 0. The Labute approximate surface area is 81.2 Å². The smallest absolute Gasteiger partial charge is 0.341 e. The summed E-state index contributed by atoms with van der Waals surface area (Å²) in [7, 11) is 1.65. The average Bonchev–Trinajstić information content (AvgIpc) is 2.37. The van der Waals surface area contributed by atoms with Crippen molar-refractivity contribution < 1.29 is 15.0 Å². The van der Waals surface area contributed by atoms with E-state index >= 15 is 0 Å². The lowest BCUT2D eigenvalue weighted by Crippen LogP contribution is -2.12. The Morgan fingerprint density at radius 1 is 1.64 bits per heavy atom. The van der Waals surface area contributed by atoms with E-state index in [0.717, 1.165) is 0 Å². The molecule has 0 amide bonds. The standard InChI is InChI=1S/C8H13N3O3/c1-5-6(8(13)14)7(9-3-4-12)11(2)10-5/h9,12H,3-4H2,1-2H3,(H,13,14). The first-order valence-electron chi connectivity index (χ1n) is 4.19. The molecule has 0 aromatic carbocycles. The van der Waals surface area contributed by atoms with E-state index < -0.39 is 5.97 Å². The van der Waals surface area contributed by atoms with Crippen molar-refractivity contribution in [3.8, 4) is 0 Å². The van der Waals surface area contributed by atoms with E-state index in [0.29, 0.717) is 18.1 Å². The SMILES string of the molecule is Cc1nn(C)c(NCCO)c1C(=O)O. The van der Waals surface area contributed by atoms with Crippen LogP contribution in [-0.4, -0.2) is 39.1 Å². The molecule has 78 valence electrons. The number of nitrogens with zero attached hydrogens (tertiary/aromatic N) is 2. The van der Waals surface area contributed by atoms with Gasteiger partial charge in [-0.25, -0.2) is 4.79 Å². The largest absolute Gasteiger partial charge is 0.477 e. The van der Waals surface area contributed by atoms with Crippen molar-refractivity contribution in [3.63, 3.8) is 0 Å². The van der Waals surface area contributed by atoms with Crippen LogP contribution in [0.15, 0.2) is 0 Å². The van der Waals surface area contributed by atoms with Crippen molar-refractivity contribution in [1.82, 2.24) is 9.78 Å². The molecular formula is C8H13N3O3. The van der Waals surface area contributed by atoms with Gasteiger partial charge in [-0.3, -0.25) is 4.68 Å². The highest BCUT2D eigenvalue weighted by atomic mass is 16.4. The molecule has 1 heterocycles. The minimum Gasteiger partial charge on any atom is -0.477 e. The van der Waals surface area contributed by atoms with E-state index in [2.05, 4.69) is 10.4 Å². The van der Waals surface area contributed by atoms with Gasteiger partial charge in [-0.15, -0.1) is 0 Å². The van der Waals surface area contributed by atoms with Crippen LogP contribution in [0.25, 0.3) is 0 Å². The molecule has 0 unspecified atom stereocenters. The van der Waals surface area contributed by atoms with Gasteiger partial charge < -0.3 is 15.5 Å². The molecule has 3 N–H and O–H groups in total. The summed E-state index contributed by atoms with van der Waals surface area (Å²) in [6, 6.07) is 0. The fourth-order valence-electron chi connectivity index (χ4n) is 1.29. The molecule has 0 aliphatic rings. The minimum atomic E-state index is -1.02. The maximum Gasteiger partial charge on any atom is 0.341 e. The van der Waals surface area contributed by atoms with Gasteiger partial charge in [-0.05, 0) is 6.92 Å². The first-order chi connectivity index (χ1) is 6.57. The number of carboxylic acid groups (broad SMARTS) is 1. The van der Waals surface area contributed by atoms with Crippen molar-refractivity contribution in [1.29, 1.82) is 0 Å². The number of anilines is 1. The topological polar surface area (TPSA) is 87.4 Å². The maximum atomic E-state index is 10.9. The second kappa shape index (κ2) is 4.10. The summed E-state index contributed by atoms with van der Waals surface area (Å²) in [5.41, 5.74) is 0.612. The van der Waals surface area contributed by atoms with Crippen LogP contribution in [0.1, 0.15) is 16.1 Å². The van der Waals surface area contributed by atoms with Gasteiger partial charge in [0, 0.05) is 13.6 Å². The van der Waals surface area contributed by atoms with Gasteiger partial charge >= 0.3 is 5.97 Å². The first-order valence-corrected chi connectivity index (χ1v) is 4.19. The van der Waals surface area contributed by atoms with Crippen LogP contribution in [0.2, 0.25) is 0 Å². The lowest BCUT2D eigenvalue weighted by atomic mass is 10.2. The molecule has 1 aromatic heterocycles. The quantitative estimate of drug-likeness (QED) is 0.626. The molecule has 0 aliphatic carbocycles. The second-order valence-corrected chi connectivity index (χ2v) is 2.89. The van der Waals surface area contributed by atoms with Gasteiger partial charge in [0.05, 0.1) is 12.3 Å². The van der Waals surface area contributed by atoms with E-state index in [1.54, 1.807) is 14.0 Å². The van der Waals surface area contributed by atoms with E-state index in [1.807, 2.05) is 0 Å². The molecule has 0 saturated carbocycles. The summed E-state index contributed by atoms with van der Waals surface area (Å²) in [5.74, 6) is -0.597. The van der Waals surface area contributed by atoms with E-state index in [4.69, 9.17) is 10.2 Å². The van der Waals surface area contributed by atoms with Crippen molar-refractivity contribution in [2.75, 3.05) is 18.5 Å². The van der Waals surface area contributed by atoms with Crippen molar-refractivity contribution in [2.45, 2.75) is 6.92 Å². The molecule has 0 bridgehead atoms. The monoisotopic (exact) mass is 199 g/mol. The summed E-state index contributed by atoms with van der Waals surface area (Å²) in [5, 5.41) is 24.3. The molecule has 0 saturated heterocycles. The van der Waals surface area contributed by atoms with Gasteiger partial charge in [-0.2, -0.15) is 5.10 Å². The molecule has 0 atom stereocenters. The molecule has 0 radical (unpaired) electrons. The Morgan fingerprint density at radius 3 is 2.79 bits per heavy atom. The Morgan fingerprint density at radius 2 is 2.29 bits per heavy atom. The Hall–Kier alpha value is -1.56. The maximum absolute atomic E-state index is 10.9. The number of aryl methyl sites for hydroxylation is 2. The number of carbonyl (C=O) groups is 1. The molecule has 1 rings (SSSR count). The van der Waals surface area contributed by atoms with Crippen molar-refractivity contribution >= 4 is 11.8 Å². The normalized spacial score (nSPS) is 10.2. The van der Waals surface area contributed by atoms with Gasteiger partial charge in [0.2, 0.25) is 0 Å². The number of hydrogen-bond donors (Lipinski definition) is 3. The highest BCUT2D eigenvalue weighted by Gasteiger charge is 2.18. The lowest BCUT2D eigenvalue weighted by Gasteiger charge is -2.05. The number of rotatable bonds is 4. The van der Waals surface area contributed by atoms with Crippen LogP contribution < -0.4 is 5.32 Å². The van der Waals surface area contributed by atoms with Crippen molar-refractivity contribution in [2.24, 2.45) is 7.05 Å². The van der Waals surface area contributed by atoms with Crippen LogP contribution in [0.5, 0.6) is 0 Å². The van der Waals surface area contributed by atoms with Gasteiger partial charge in [0.1, 0.15) is 11.4 Å². The number of aromatic carboxylic acids is 1. The second-order valence-electron chi connectivity index (χ2n) is 2.89. The third-order valence-corrected chi connectivity index (χ3v) is 1.84. The van der Waals surface area contributed by atoms with Gasteiger partial charge in [-0.1, -0.05) is 0 Å². The summed E-state index contributed by atoms with van der Waals surface area (Å²) < 4.78 is 1.45. The van der Waals surface area contributed by atoms with Crippen LogP contribution >= 0.6 is 0 Å². The lowest BCUT2D eigenvalue weighted by molar-refractivity contribution is 0.0697. The molecule has 6 heteroatoms. The van der Waals surface area contributed by atoms with Crippen LogP contribution in [0, 0.1) is 6.92 Å². The Bertz CT molecular complexity index is 346. The highest BCUT2D eigenvalue weighted by molar-refractivity contribution is 5.94. The fourth-order valence-corrected chi connectivity index (χ4v) is 1.29. The van der Waals surface area contributed by atoms with Gasteiger partial charge in [0.25, 0.3) is 0 Å². The Balaban J connectivity index is 3.05. The van der Waals surface area contributed by atoms with Gasteiger partial charge in [0.15, 0.2) is 0 Å². The number of aliphatic hydroxyl groups is 1. The predicted octanol–water partition coefficient (Wildman–Crippen LogP) is -0.169. The van der Waals surface area contributed by atoms with Crippen LogP contribution in [-0.2, 0) is 7.05 Å². The average molecular weight is 199 g/mol. The summed E-state index contributed by atoms with van der Waals surface area (Å²) in [6.45, 7) is 1.89. The molecule has 0 aliphatic heterocycles. The molecule has 6 nitrogen and oxygen atoms in total. The van der Waals surface area contributed by atoms with Crippen LogP contribution in [0.4, 0.5) is 5.82 Å². The zero-order valence-corrected chi connectivity index (χ0v) is 8.11. The van der Waals surface area contributed by atoms with Crippen LogP contribution in [0.3, 0.4) is 0 Å².